The van der Waals surface area contributed by atoms with Gasteiger partial charge in [-0.3, -0.25) is 14.9 Å². The number of hydrogen-bond donors (Lipinski definition) is 3. The number of nitrogens with zero attached hydrogens (tertiary/aromatic N) is 4. The zero-order valence-corrected chi connectivity index (χ0v) is 26.1. The Kier molecular flexibility index (Phi) is 8.50. The minimum Gasteiger partial charge on any atom is -0.481 e. The molecule has 4 N–H and O–H groups in total. The lowest BCUT2D eigenvalue weighted by molar-refractivity contribution is -0.129. The van der Waals surface area contributed by atoms with Crippen LogP contribution in [-0.4, -0.2) is 53.7 Å². The summed E-state index contributed by atoms with van der Waals surface area (Å²) in [5, 5.41) is 20.0. The van der Waals surface area contributed by atoms with Crippen molar-refractivity contribution in [1.82, 2.24) is 15.0 Å². The number of nitrogen functional groups attached to an aromatic ring is 1. The van der Waals surface area contributed by atoms with E-state index in [0.29, 0.717) is 94.0 Å². The van der Waals surface area contributed by atoms with Crippen LogP contribution in [0.3, 0.4) is 0 Å². The molecule has 4 heterocycles. The highest BCUT2D eigenvalue weighted by Crippen LogP contribution is 2.40. The molecule has 240 valence electrons. The zero-order chi connectivity index (χ0) is 33.2. The number of benzene rings is 2. The average molecular weight is 636 g/mol. The van der Waals surface area contributed by atoms with Gasteiger partial charge >= 0.3 is 6.09 Å². The molecule has 2 unspecified atom stereocenters. The van der Waals surface area contributed by atoms with Gasteiger partial charge in [0.25, 0.3) is 0 Å². The lowest BCUT2D eigenvalue weighted by Gasteiger charge is -2.35. The highest BCUT2D eigenvalue weighted by Gasteiger charge is 2.32. The maximum absolute atomic E-state index is 13.9. The number of carbonyl (C=O) groups is 3. The van der Waals surface area contributed by atoms with Gasteiger partial charge in [-0.05, 0) is 60.7 Å². The third kappa shape index (κ3) is 6.05. The first-order chi connectivity index (χ1) is 22.7. The van der Waals surface area contributed by atoms with Crippen LogP contribution >= 0.6 is 0 Å². The van der Waals surface area contributed by atoms with Crippen LogP contribution in [0.1, 0.15) is 55.5 Å². The van der Waals surface area contributed by atoms with Crippen molar-refractivity contribution in [2.24, 2.45) is 5.92 Å². The topological polar surface area (TPSA) is 186 Å². The average Bonchev–Trinajstić information content (AvgIpc) is 3.45. The van der Waals surface area contributed by atoms with Crippen molar-refractivity contribution in [2.45, 2.75) is 38.6 Å². The van der Waals surface area contributed by atoms with E-state index in [4.69, 9.17) is 24.7 Å². The summed E-state index contributed by atoms with van der Waals surface area (Å²) in [4.78, 5) is 45.7. The number of nitrogens with two attached hydrogens (primary N) is 1. The molecule has 2 aromatic carbocycles. The van der Waals surface area contributed by atoms with Crippen molar-refractivity contribution in [3.05, 3.63) is 65.4 Å². The summed E-state index contributed by atoms with van der Waals surface area (Å²) in [5.41, 5.74) is 10.8. The third-order valence-electron chi connectivity index (χ3n) is 8.64. The van der Waals surface area contributed by atoms with Gasteiger partial charge in [0.05, 0.1) is 48.7 Å². The Morgan fingerprint density at radius 3 is 2.74 bits per heavy atom. The molecule has 2 aliphatic rings. The number of nitrogens with one attached hydrogen (secondary N) is 2. The number of nitriles is 1. The van der Waals surface area contributed by atoms with E-state index in [1.807, 2.05) is 13.0 Å². The third-order valence-corrected chi connectivity index (χ3v) is 8.64. The smallest absolute Gasteiger partial charge is 0.411 e. The Labute approximate surface area is 270 Å². The van der Waals surface area contributed by atoms with Gasteiger partial charge < -0.3 is 29.9 Å². The van der Waals surface area contributed by atoms with Crippen LogP contribution in [-0.2, 0) is 14.3 Å². The van der Waals surface area contributed by atoms with Crippen molar-refractivity contribution >= 4 is 51.6 Å². The molecular weight excluding hydrogens is 602 g/mol. The summed E-state index contributed by atoms with van der Waals surface area (Å²) in [5.74, 6) is -0.187. The van der Waals surface area contributed by atoms with E-state index in [2.05, 4.69) is 21.9 Å². The number of rotatable bonds is 4. The van der Waals surface area contributed by atoms with Crippen molar-refractivity contribution in [2.75, 3.05) is 37.1 Å². The number of ether oxygens (including phenoxy) is 2. The molecule has 13 heteroatoms. The Morgan fingerprint density at radius 1 is 1.17 bits per heavy atom. The fourth-order valence-electron chi connectivity index (χ4n) is 6.17. The minimum absolute atomic E-state index is 0.169. The predicted octanol–water partition coefficient (Wildman–Crippen LogP) is 5.65. The van der Waals surface area contributed by atoms with Gasteiger partial charge in [0.15, 0.2) is 11.4 Å². The molecule has 0 radical (unpaired) electrons. The summed E-state index contributed by atoms with van der Waals surface area (Å²) in [6.07, 6.45) is 3.11. The molecule has 4 aromatic rings. The summed E-state index contributed by atoms with van der Waals surface area (Å²) in [7, 11) is 2.79. The number of amides is 3. The van der Waals surface area contributed by atoms with Crippen molar-refractivity contribution in [1.29, 1.82) is 5.26 Å². The van der Waals surface area contributed by atoms with Crippen molar-refractivity contribution < 1.29 is 28.4 Å². The highest BCUT2D eigenvalue weighted by molar-refractivity contribution is 6.04. The molecular formula is C34H33N7O6. The molecule has 0 saturated carbocycles. The molecule has 2 bridgehead atoms. The summed E-state index contributed by atoms with van der Waals surface area (Å²) in [6, 6.07) is 13.9. The molecule has 6 rings (SSSR count). The Bertz CT molecular complexity index is 1980. The van der Waals surface area contributed by atoms with Gasteiger partial charge in [0.1, 0.15) is 0 Å². The number of anilines is 3. The van der Waals surface area contributed by atoms with Crippen LogP contribution in [0.4, 0.5) is 22.0 Å². The lowest BCUT2D eigenvalue weighted by Crippen LogP contribution is -2.38. The zero-order valence-electron chi connectivity index (χ0n) is 26.1. The second-order valence-corrected chi connectivity index (χ2v) is 11.5. The van der Waals surface area contributed by atoms with Crippen molar-refractivity contribution in [3.63, 3.8) is 0 Å². The monoisotopic (exact) mass is 635 g/mol. The molecule has 2 aliphatic heterocycles. The largest absolute Gasteiger partial charge is 0.481 e. The van der Waals surface area contributed by atoms with Gasteiger partial charge in [-0.1, -0.05) is 24.6 Å². The first kappa shape index (κ1) is 31.1. The molecule has 0 aliphatic carbocycles. The molecule has 47 heavy (non-hydrogen) atoms. The first-order valence-corrected chi connectivity index (χ1v) is 15.2. The molecule has 0 fully saturated rings. The standard InChI is InChI=1S/C34H33N7O6/c1-18-5-4-6-27(41-12-11-19(15-29(41)42)30-20(17-35)7-9-24-31(30)47-40-32(24)36)26-13-21(14-28(38-26)45-2)23-10-8-22(37-34(44)46-3)16-25(23)39-33(18)43/h7-10,13-16,18,27H,4-6,11-12H2,1-3H3,(H2,36,40)(H,37,44)(H,39,43). The van der Waals surface area contributed by atoms with Gasteiger partial charge in [0, 0.05) is 41.4 Å². The van der Waals surface area contributed by atoms with Crippen LogP contribution < -0.4 is 21.1 Å². The Morgan fingerprint density at radius 2 is 2.00 bits per heavy atom. The highest BCUT2D eigenvalue weighted by atomic mass is 16.5. The van der Waals surface area contributed by atoms with E-state index in [1.165, 1.54) is 20.3 Å². The first-order valence-electron chi connectivity index (χ1n) is 15.2. The van der Waals surface area contributed by atoms with Crippen LogP contribution in [0, 0.1) is 17.2 Å². The van der Waals surface area contributed by atoms with Crippen LogP contribution in [0.2, 0.25) is 0 Å². The van der Waals surface area contributed by atoms with E-state index in [9.17, 15) is 19.6 Å². The van der Waals surface area contributed by atoms with Gasteiger partial charge in [-0.25, -0.2) is 9.78 Å². The minimum atomic E-state index is -0.637. The number of aromatic nitrogens is 2. The normalized spacial score (nSPS) is 18.2. The van der Waals surface area contributed by atoms with E-state index in [0.717, 1.165) is 0 Å². The van der Waals surface area contributed by atoms with Crippen LogP contribution in [0.15, 0.2) is 53.1 Å². The summed E-state index contributed by atoms with van der Waals surface area (Å²) >= 11 is 0. The lowest BCUT2D eigenvalue weighted by atomic mass is 9.91. The number of pyridine rings is 1. The van der Waals surface area contributed by atoms with Crippen molar-refractivity contribution in [3.8, 4) is 23.1 Å². The van der Waals surface area contributed by atoms with E-state index < -0.39 is 12.1 Å². The maximum atomic E-state index is 13.9. The predicted molar refractivity (Wildman–Crippen MR) is 174 cm³/mol. The number of carbonyl (C=O) groups excluding carboxylic acids is 3. The van der Waals surface area contributed by atoms with Crippen LogP contribution in [0.5, 0.6) is 5.88 Å². The fraction of sp³-hybridized carbons (Fsp3) is 0.294. The molecule has 3 amide bonds. The SMILES string of the molecule is COC(=O)Nc1ccc2c(c1)NC(=O)C(C)CCCC(N1CCC(c3c(C#N)ccc4c(N)noc34)=CC1=O)c1cc-2cc(OC)n1. The number of hydrogen-bond acceptors (Lipinski definition) is 10. The van der Waals surface area contributed by atoms with Crippen LogP contribution in [0.25, 0.3) is 27.7 Å². The second-order valence-electron chi connectivity index (χ2n) is 11.5. The van der Waals surface area contributed by atoms with Gasteiger partial charge in [0.2, 0.25) is 17.7 Å². The molecule has 2 aromatic heterocycles. The van der Waals surface area contributed by atoms with Gasteiger partial charge in [-0.2, -0.15) is 5.26 Å². The Hall–Kier alpha value is -5.90. The van der Waals surface area contributed by atoms with E-state index >= 15 is 0 Å². The number of methoxy groups -OCH3 is 2. The maximum Gasteiger partial charge on any atom is 0.411 e. The summed E-state index contributed by atoms with van der Waals surface area (Å²) < 4.78 is 15.8. The molecule has 0 saturated heterocycles. The second kappa shape index (κ2) is 12.8. The Balaban J connectivity index is 1.42. The van der Waals surface area contributed by atoms with Gasteiger partial charge in [-0.15, -0.1) is 0 Å². The quantitative estimate of drug-likeness (QED) is 0.253. The fourth-order valence-corrected chi connectivity index (χ4v) is 6.17. The van der Waals surface area contributed by atoms with E-state index in [-0.39, 0.29) is 23.6 Å². The molecule has 0 spiro atoms. The van der Waals surface area contributed by atoms with E-state index in [1.54, 1.807) is 41.3 Å². The summed E-state index contributed by atoms with van der Waals surface area (Å²) in [6.45, 7) is 2.21. The number of fused-ring (bicyclic) bond motifs is 5. The molecule has 13 nitrogen and oxygen atoms in total. The molecule has 2 atom stereocenters.